The van der Waals surface area contributed by atoms with Gasteiger partial charge in [-0.3, -0.25) is 4.90 Å². The molecule has 1 aromatic carbocycles. The van der Waals surface area contributed by atoms with E-state index in [9.17, 15) is 4.39 Å². The van der Waals surface area contributed by atoms with Crippen molar-refractivity contribution in [2.24, 2.45) is 0 Å². The Morgan fingerprint density at radius 2 is 2.00 bits per heavy atom. The molecule has 3 aromatic rings. The summed E-state index contributed by atoms with van der Waals surface area (Å²) in [5.41, 5.74) is 2.83. The third-order valence-electron chi connectivity index (χ3n) is 5.82. The van der Waals surface area contributed by atoms with Crippen LogP contribution in [-0.2, 0) is 0 Å². The molecule has 9 heteroatoms. The Labute approximate surface area is 179 Å². The van der Waals surface area contributed by atoms with Crippen LogP contribution in [0.5, 0.6) is 0 Å². The summed E-state index contributed by atoms with van der Waals surface area (Å²) in [6.07, 6.45) is 2.80. The molecule has 0 radical (unpaired) electrons. The molecule has 2 saturated heterocycles. The van der Waals surface area contributed by atoms with Gasteiger partial charge in [-0.05, 0) is 37.7 Å². The number of nitrogens with zero attached hydrogens (tertiary/aromatic N) is 6. The van der Waals surface area contributed by atoms with Crippen molar-refractivity contribution in [2.75, 3.05) is 49.3 Å². The summed E-state index contributed by atoms with van der Waals surface area (Å²) >= 11 is 1.56. The number of rotatable bonds is 5. The average molecular weight is 426 g/mol. The van der Waals surface area contributed by atoms with Crippen molar-refractivity contribution in [3.63, 3.8) is 0 Å². The van der Waals surface area contributed by atoms with E-state index in [1.54, 1.807) is 17.5 Å². The van der Waals surface area contributed by atoms with Crippen molar-refractivity contribution in [1.29, 1.82) is 0 Å². The van der Waals surface area contributed by atoms with E-state index in [1.807, 2.05) is 42.6 Å². The van der Waals surface area contributed by atoms with Crippen LogP contribution < -0.4 is 15.1 Å². The number of nitrogens with one attached hydrogen (secondary N) is 1. The minimum atomic E-state index is -0.221. The van der Waals surface area contributed by atoms with Crippen LogP contribution in [0.1, 0.15) is 6.42 Å². The first-order valence-corrected chi connectivity index (χ1v) is 10.9. The van der Waals surface area contributed by atoms with Gasteiger partial charge in [-0.25, -0.2) is 19.3 Å². The lowest BCUT2D eigenvalue weighted by Gasteiger charge is -2.33. The highest BCUT2D eigenvalue weighted by Gasteiger charge is 2.42. The molecular formula is C21H24FN7S. The number of hydrogen-bond acceptors (Lipinski definition) is 8. The number of halogens is 1. The van der Waals surface area contributed by atoms with Gasteiger partial charge in [0, 0.05) is 56.5 Å². The van der Waals surface area contributed by atoms with Crippen LogP contribution in [0.4, 0.5) is 26.8 Å². The van der Waals surface area contributed by atoms with Gasteiger partial charge in [-0.2, -0.15) is 0 Å². The lowest BCUT2D eigenvalue weighted by Crippen LogP contribution is -2.44. The van der Waals surface area contributed by atoms with Gasteiger partial charge in [0.15, 0.2) is 5.13 Å². The highest BCUT2D eigenvalue weighted by molar-refractivity contribution is 7.14. The monoisotopic (exact) mass is 425 g/mol. The summed E-state index contributed by atoms with van der Waals surface area (Å²) in [6, 6.07) is 8.01. The molecule has 30 heavy (non-hydrogen) atoms. The van der Waals surface area contributed by atoms with Gasteiger partial charge in [0.05, 0.1) is 11.4 Å². The number of hydrogen-bond donors (Lipinski definition) is 1. The van der Waals surface area contributed by atoms with E-state index < -0.39 is 0 Å². The van der Waals surface area contributed by atoms with E-state index in [0.29, 0.717) is 29.4 Å². The molecule has 5 rings (SSSR count). The zero-order valence-electron chi connectivity index (χ0n) is 17.2. The summed E-state index contributed by atoms with van der Waals surface area (Å²) in [4.78, 5) is 19.9. The minimum absolute atomic E-state index is 0.221. The van der Waals surface area contributed by atoms with Gasteiger partial charge in [0.1, 0.15) is 11.5 Å². The van der Waals surface area contributed by atoms with Crippen LogP contribution in [0, 0.1) is 5.82 Å². The first kappa shape index (κ1) is 19.2. The second kappa shape index (κ2) is 7.48. The van der Waals surface area contributed by atoms with Gasteiger partial charge in [-0.1, -0.05) is 0 Å². The molecule has 4 heterocycles. The Morgan fingerprint density at radius 1 is 1.13 bits per heavy atom. The van der Waals surface area contributed by atoms with Crippen LogP contribution in [0.25, 0.3) is 11.4 Å². The van der Waals surface area contributed by atoms with E-state index >= 15 is 0 Å². The van der Waals surface area contributed by atoms with Crippen LogP contribution in [-0.4, -0.2) is 66.2 Å². The third-order valence-corrected chi connectivity index (χ3v) is 6.83. The average Bonchev–Trinajstić information content (AvgIpc) is 3.44. The molecule has 0 spiro atoms. The summed E-state index contributed by atoms with van der Waals surface area (Å²) in [5.74, 6) is 0.197. The van der Waals surface area contributed by atoms with Crippen LogP contribution in [0.15, 0.2) is 35.8 Å². The number of fused-ring (bicyclic) bond motifs is 2. The van der Waals surface area contributed by atoms with E-state index in [-0.39, 0.29) is 5.82 Å². The summed E-state index contributed by atoms with van der Waals surface area (Å²) in [7, 11) is 6.06. The predicted molar refractivity (Wildman–Crippen MR) is 119 cm³/mol. The number of likely N-dealkylation sites (N-methyl/N-ethyl adjacent to an activating group) is 1. The molecule has 1 N–H and O–H groups in total. The second-order valence-electron chi connectivity index (χ2n) is 8.10. The first-order chi connectivity index (χ1) is 14.5. The molecule has 2 aliphatic rings. The largest absolute Gasteiger partial charge is 0.363 e. The number of thiazole rings is 1. The Balaban J connectivity index is 1.33. The van der Waals surface area contributed by atoms with Gasteiger partial charge >= 0.3 is 0 Å². The van der Waals surface area contributed by atoms with Crippen LogP contribution >= 0.6 is 11.3 Å². The van der Waals surface area contributed by atoms with Crippen molar-refractivity contribution < 1.29 is 4.39 Å². The van der Waals surface area contributed by atoms with Crippen LogP contribution in [0.2, 0.25) is 0 Å². The van der Waals surface area contributed by atoms with Crippen molar-refractivity contribution in [3.8, 4) is 11.4 Å². The van der Waals surface area contributed by atoms with Crippen LogP contribution in [0.3, 0.4) is 0 Å². The first-order valence-electron chi connectivity index (χ1n) is 9.97. The van der Waals surface area contributed by atoms with Crippen molar-refractivity contribution in [3.05, 3.63) is 41.7 Å². The van der Waals surface area contributed by atoms with Crippen molar-refractivity contribution in [1.82, 2.24) is 19.9 Å². The lowest BCUT2D eigenvalue weighted by atomic mass is 10.2. The molecule has 2 fully saturated rings. The number of anilines is 4. The fraction of sp³-hybridized carbons (Fsp3) is 0.381. The molecule has 0 saturated carbocycles. The Bertz CT molecular complexity index is 1070. The fourth-order valence-electron chi connectivity index (χ4n) is 4.26. The zero-order chi connectivity index (χ0) is 20.8. The lowest BCUT2D eigenvalue weighted by molar-refractivity contribution is 0.292. The third kappa shape index (κ3) is 3.48. The molecule has 0 aliphatic carbocycles. The SMILES string of the molecule is CN(C)c1nc(-c2ccnc(Nc3ccc(N4CC5CC4CN5C)c(F)c3)n2)cs1. The highest BCUT2D eigenvalue weighted by Crippen LogP contribution is 2.36. The smallest absolute Gasteiger partial charge is 0.227 e. The Kier molecular flexibility index (Phi) is 4.79. The van der Waals surface area contributed by atoms with Gasteiger partial charge in [0.2, 0.25) is 5.95 Å². The van der Waals surface area contributed by atoms with E-state index in [2.05, 4.69) is 37.1 Å². The molecule has 2 unspecified atom stereocenters. The molecule has 156 valence electrons. The van der Waals surface area contributed by atoms with E-state index in [1.165, 1.54) is 6.07 Å². The fourth-order valence-corrected chi connectivity index (χ4v) is 5.01. The summed E-state index contributed by atoms with van der Waals surface area (Å²) in [5, 5.41) is 6.00. The van der Waals surface area contributed by atoms with Crippen molar-refractivity contribution >= 4 is 33.8 Å². The maximum Gasteiger partial charge on any atom is 0.227 e. The summed E-state index contributed by atoms with van der Waals surface area (Å²) < 4.78 is 14.9. The Hall–Kier alpha value is -2.78. The quantitative estimate of drug-likeness (QED) is 0.672. The Morgan fingerprint density at radius 3 is 2.67 bits per heavy atom. The standard InChI is InChI=1S/C21H24FN7S/c1-27(2)21-26-18(12-30-21)17-6-7-23-20(25-17)24-13-4-5-19(16(22)8-13)29-11-14-9-15(29)10-28(14)3/h4-8,12,14-15H,9-11H2,1-3H3,(H,23,24,25). The van der Waals surface area contributed by atoms with E-state index in [4.69, 9.17) is 0 Å². The zero-order valence-corrected chi connectivity index (χ0v) is 18.0. The van der Waals surface area contributed by atoms with Crippen molar-refractivity contribution in [2.45, 2.75) is 18.5 Å². The number of aromatic nitrogens is 3. The maximum absolute atomic E-state index is 14.9. The molecule has 7 nitrogen and oxygen atoms in total. The molecule has 2 atom stereocenters. The molecule has 2 aromatic heterocycles. The number of piperazine rings is 1. The van der Waals surface area contributed by atoms with Gasteiger partial charge in [0.25, 0.3) is 0 Å². The molecule has 2 aliphatic heterocycles. The molecule has 2 bridgehead atoms. The molecular weight excluding hydrogens is 401 g/mol. The normalized spacial score (nSPS) is 20.7. The van der Waals surface area contributed by atoms with Gasteiger partial charge < -0.3 is 15.1 Å². The number of likely N-dealkylation sites (tertiary alicyclic amines) is 1. The summed E-state index contributed by atoms with van der Waals surface area (Å²) in [6.45, 7) is 1.88. The maximum atomic E-state index is 14.9. The van der Waals surface area contributed by atoms with Gasteiger partial charge in [-0.15, -0.1) is 11.3 Å². The minimum Gasteiger partial charge on any atom is -0.363 e. The van der Waals surface area contributed by atoms with E-state index in [0.717, 1.165) is 36.0 Å². The highest BCUT2D eigenvalue weighted by atomic mass is 32.1. The second-order valence-corrected chi connectivity index (χ2v) is 8.94. The number of benzene rings is 1. The predicted octanol–water partition coefficient (Wildman–Crippen LogP) is 3.44. The topological polar surface area (TPSA) is 60.4 Å². The molecule has 0 amide bonds.